The van der Waals surface area contributed by atoms with Crippen LogP contribution in [0.5, 0.6) is 0 Å². The van der Waals surface area contributed by atoms with Crippen LogP contribution in [0.1, 0.15) is 59.3 Å². The summed E-state index contributed by atoms with van der Waals surface area (Å²) in [6.45, 7) is 7.04. The van der Waals surface area contributed by atoms with Crippen LogP contribution in [0.2, 0.25) is 0 Å². The number of carbonyl (C=O) groups excluding carboxylic acids is 1. The van der Waals surface area contributed by atoms with E-state index in [9.17, 15) is 9.90 Å². The Bertz CT molecular complexity index is 587. The first-order valence-corrected chi connectivity index (χ1v) is 8.99. The number of allylic oxidation sites excluding steroid dienone is 2. The van der Waals surface area contributed by atoms with Crippen molar-refractivity contribution in [2.24, 2.45) is 28.6 Å². The number of aliphatic hydroxyl groups excluding tert-OH is 1. The van der Waals surface area contributed by atoms with Crippen LogP contribution in [0.4, 0.5) is 0 Å². The van der Waals surface area contributed by atoms with Crippen molar-refractivity contribution in [1.82, 2.24) is 0 Å². The summed E-state index contributed by atoms with van der Waals surface area (Å²) in [7, 11) is 0. The number of rotatable bonds is 0. The second-order valence-corrected chi connectivity index (χ2v) is 8.73. The lowest BCUT2D eigenvalue weighted by molar-refractivity contribution is -0.116. The quantitative estimate of drug-likeness (QED) is 0.685. The van der Waals surface area contributed by atoms with Gasteiger partial charge in [0.15, 0.2) is 5.78 Å². The molecule has 6 unspecified atom stereocenters. The van der Waals surface area contributed by atoms with Crippen molar-refractivity contribution in [3.63, 3.8) is 0 Å². The van der Waals surface area contributed by atoms with E-state index in [-0.39, 0.29) is 16.9 Å². The van der Waals surface area contributed by atoms with E-state index >= 15 is 0 Å². The lowest BCUT2D eigenvalue weighted by atomic mass is 9.46. The van der Waals surface area contributed by atoms with Gasteiger partial charge >= 0.3 is 0 Å². The van der Waals surface area contributed by atoms with Crippen molar-refractivity contribution in [3.8, 4) is 0 Å². The van der Waals surface area contributed by atoms with E-state index in [1.165, 1.54) is 12.0 Å². The van der Waals surface area contributed by atoms with Gasteiger partial charge < -0.3 is 5.11 Å². The minimum atomic E-state index is -0.187. The maximum Gasteiger partial charge on any atom is 0.155 e. The molecule has 2 fully saturated rings. The maximum atomic E-state index is 11.9. The Hall–Kier alpha value is -0.890. The van der Waals surface area contributed by atoms with Crippen LogP contribution in [0.3, 0.4) is 0 Å². The van der Waals surface area contributed by atoms with Crippen molar-refractivity contribution in [1.29, 1.82) is 0 Å². The lowest BCUT2D eigenvalue weighted by Gasteiger charge is -2.58. The summed E-state index contributed by atoms with van der Waals surface area (Å²) in [5, 5.41) is 10.5. The molecule has 0 aromatic carbocycles. The van der Waals surface area contributed by atoms with Crippen LogP contribution in [0.25, 0.3) is 0 Å². The molecule has 0 aromatic rings. The molecule has 2 saturated carbocycles. The molecule has 6 atom stereocenters. The predicted molar refractivity (Wildman–Crippen MR) is 87.2 cm³/mol. The van der Waals surface area contributed by atoms with Gasteiger partial charge in [-0.3, -0.25) is 4.79 Å². The highest BCUT2D eigenvalue weighted by Gasteiger charge is 2.57. The smallest absolute Gasteiger partial charge is 0.155 e. The summed E-state index contributed by atoms with van der Waals surface area (Å²) in [5.41, 5.74) is 3.18. The van der Waals surface area contributed by atoms with Gasteiger partial charge in [-0.15, -0.1) is 0 Å². The fourth-order valence-corrected chi connectivity index (χ4v) is 6.19. The molecular formula is C20H28O2. The average molecular weight is 300 g/mol. The summed E-state index contributed by atoms with van der Waals surface area (Å²) < 4.78 is 0. The molecule has 0 bridgehead atoms. The Balaban J connectivity index is 1.77. The summed E-state index contributed by atoms with van der Waals surface area (Å²) >= 11 is 0. The lowest BCUT2D eigenvalue weighted by Crippen LogP contribution is -2.51. The third-order valence-electron chi connectivity index (χ3n) is 7.66. The van der Waals surface area contributed by atoms with Crippen molar-refractivity contribution in [2.45, 2.75) is 65.4 Å². The standard InChI is InChI=1S/C20H28O2/c1-12-10-13-11-14(21)6-8-19(13,2)16-7-9-20(3)15(18(12)16)4-5-17(20)22/h4,11-12,16-18,22H,5-10H2,1-3H3. The van der Waals surface area contributed by atoms with Gasteiger partial charge in [-0.2, -0.15) is 0 Å². The van der Waals surface area contributed by atoms with Crippen LogP contribution in [-0.2, 0) is 4.79 Å². The summed E-state index contributed by atoms with van der Waals surface area (Å²) in [4.78, 5) is 11.9. The van der Waals surface area contributed by atoms with Crippen molar-refractivity contribution in [3.05, 3.63) is 23.3 Å². The molecule has 0 heterocycles. The van der Waals surface area contributed by atoms with E-state index in [4.69, 9.17) is 0 Å². The number of fused-ring (bicyclic) bond motifs is 5. The van der Waals surface area contributed by atoms with Crippen LogP contribution < -0.4 is 0 Å². The van der Waals surface area contributed by atoms with Crippen LogP contribution >= 0.6 is 0 Å². The fraction of sp³-hybridized carbons (Fsp3) is 0.750. The van der Waals surface area contributed by atoms with E-state index in [0.717, 1.165) is 32.1 Å². The molecule has 4 aliphatic carbocycles. The van der Waals surface area contributed by atoms with Gasteiger partial charge in [-0.1, -0.05) is 38.0 Å². The first kappa shape index (κ1) is 14.7. The summed E-state index contributed by atoms with van der Waals surface area (Å²) in [6.07, 6.45) is 10.1. The van der Waals surface area contributed by atoms with Gasteiger partial charge in [-0.05, 0) is 61.3 Å². The van der Waals surface area contributed by atoms with Gasteiger partial charge in [-0.25, -0.2) is 0 Å². The molecule has 4 aliphatic rings. The largest absolute Gasteiger partial charge is 0.392 e. The highest BCUT2D eigenvalue weighted by Crippen LogP contribution is 2.64. The Morgan fingerprint density at radius 1 is 1.23 bits per heavy atom. The summed E-state index contributed by atoms with van der Waals surface area (Å²) in [6, 6.07) is 0. The van der Waals surface area contributed by atoms with E-state index in [1.54, 1.807) is 5.57 Å². The van der Waals surface area contributed by atoms with Gasteiger partial charge in [0.25, 0.3) is 0 Å². The molecule has 22 heavy (non-hydrogen) atoms. The molecule has 2 nitrogen and oxygen atoms in total. The average Bonchev–Trinajstić information content (AvgIpc) is 2.77. The SMILES string of the molecule is CC1CC2=CC(=O)CCC2(C)C2CCC3(C)C(=CCC3O)C12. The number of ketones is 1. The fourth-order valence-electron chi connectivity index (χ4n) is 6.19. The van der Waals surface area contributed by atoms with Gasteiger partial charge in [0.1, 0.15) is 0 Å². The third kappa shape index (κ3) is 1.73. The zero-order chi connectivity index (χ0) is 15.7. The molecule has 0 aliphatic heterocycles. The predicted octanol–water partition coefficient (Wildman–Crippen LogP) is 4.05. The molecule has 120 valence electrons. The molecular weight excluding hydrogens is 272 g/mol. The normalized spacial score (nSPS) is 50.6. The number of hydrogen-bond acceptors (Lipinski definition) is 2. The Morgan fingerprint density at radius 3 is 2.77 bits per heavy atom. The Labute approximate surface area is 133 Å². The van der Waals surface area contributed by atoms with Gasteiger partial charge in [0.2, 0.25) is 0 Å². The molecule has 2 heteroatoms. The number of carbonyl (C=O) groups is 1. The molecule has 1 N–H and O–H groups in total. The zero-order valence-electron chi connectivity index (χ0n) is 14.1. The molecule has 0 amide bonds. The van der Waals surface area contributed by atoms with E-state index in [2.05, 4.69) is 26.8 Å². The highest BCUT2D eigenvalue weighted by atomic mass is 16.3. The van der Waals surface area contributed by atoms with Gasteiger partial charge in [0.05, 0.1) is 6.10 Å². The highest BCUT2D eigenvalue weighted by molar-refractivity contribution is 5.91. The van der Waals surface area contributed by atoms with Crippen LogP contribution in [-0.4, -0.2) is 17.0 Å². The van der Waals surface area contributed by atoms with Gasteiger partial charge in [0, 0.05) is 11.8 Å². The number of aliphatic hydroxyl groups is 1. The van der Waals surface area contributed by atoms with E-state index < -0.39 is 0 Å². The van der Waals surface area contributed by atoms with Crippen molar-refractivity contribution in [2.75, 3.05) is 0 Å². The molecule has 0 spiro atoms. The minimum absolute atomic E-state index is 0.0114. The van der Waals surface area contributed by atoms with Crippen LogP contribution in [0, 0.1) is 28.6 Å². The number of hydrogen-bond donors (Lipinski definition) is 1. The Kier molecular flexibility index (Phi) is 3.05. The topological polar surface area (TPSA) is 37.3 Å². The summed E-state index contributed by atoms with van der Waals surface area (Å²) in [5.74, 6) is 2.17. The first-order chi connectivity index (χ1) is 10.4. The van der Waals surface area contributed by atoms with E-state index in [1.807, 2.05) is 6.08 Å². The molecule has 0 saturated heterocycles. The van der Waals surface area contributed by atoms with Crippen molar-refractivity contribution < 1.29 is 9.90 Å². The second-order valence-electron chi connectivity index (χ2n) is 8.73. The van der Waals surface area contributed by atoms with E-state index in [0.29, 0.717) is 23.5 Å². The second kappa shape index (κ2) is 4.56. The molecule has 0 radical (unpaired) electrons. The van der Waals surface area contributed by atoms with Crippen molar-refractivity contribution >= 4 is 5.78 Å². The third-order valence-corrected chi connectivity index (χ3v) is 7.66. The zero-order valence-corrected chi connectivity index (χ0v) is 14.1. The maximum absolute atomic E-state index is 11.9. The first-order valence-electron chi connectivity index (χ1n) is 8.99. The van der Waals surface area contributed by atoms with Crippen LogP contribution in [0.15, 0.2) is 23.3 Å². The molecule has 0 aromatic heterocycles. The minimum Gasteiger partial charge on any atom is -0.392 e. The monoisotopic (exact) mass is 300 g/mol. The Morgan fingerprint density at radius 2 is 2.00 bits per heavy atom. The molecule has 4 rings (SSSR count).